The van der Waals surface area contributed by atoms with Gasteiger partial charge in [0.1, 0.15) is 5.60 Å². The second kappa shape index (κ2) is 8.46. The van der Waals surface area contributed by atoms with Gasteiger partial charge in [-0.15, -0.1) is 0 Å². The molecule has 4 aliphatic carbocycles. The highest BCUT2D eigenvalue weighted by molar-refractivity contribution is 6.01. The second-order valence-corrected chi connectivity index (χ2v) is 12.1. The molecule has 3 fully saturated rings. The molecule has 1 aliphatic heterocycles. The van der Waals surface area contributed by atoms with Gasteiger partial charge in [0.05, 0.1) is 11.7 Å². The Balaban J connectivity index is 1.42. The number of fused-ring (bicyclic) bond motifs is 5. The monoisotopic (exact) mass is 513 g/mol. The van der Waals surface area contributed by atoms with Crippen LogP contribution in [0.15, 0.2) is 47.9 Å². The van der Waals surface area contributed by atoms with Gasteiger partial charge in [0.2, 0.25) is 5.78 Å². The predicted octanol–water partition coefficient (Wildman–Crippen LogP) is 3.18. The third-order valence-electron chi connectivity index (χ3n) is 10.3. The summed E-state index contributed by atoms with van der Waals surface area (Å²) < 4.78 is 22.6. The number of hydrogen-bond donors (Lipinski definition) is 2. The van der Waals surface area contributed by atoms with Crippen LogP contribution in [0.1, 0.15) is 52.9 Å². The van der Waals surface area contributed by atoms with Gasteiger partial charge in [-0.25, -0.2) is 9.18 Å². The molecule has 5 aliphatic rings. The number of esters is 1. The lowest BCUT2D eigenvalue weighted by molar-refractivity contribution is -0.219. The Bertz CT molecular complexity index is 1170. The molecule has 5 rings (SSSR count). The summed E-state index contributed by atoms with van der Waals surface area (Å²) in [5.41, 5.74) is -5.07. The molecule has 7 nitrogen and oxygen atoms in total. The fourth-order valence-electron chi connectivity index (χ4n) is 8.30. The molecule has 0 amide bonds. The van der Waals surface area contributed by atoms with E-state index in [-0.39, 0.29) is 18.1 Å². The molecule has 2 N–H and O–H groups in total. The first-order chi connectivity index (χ1) is 17.3. The number of carbonyl (C=O) groups excluding carboxylic acids is 3. The summed E-state index contributed by atoms with van der Waals surface area (Å²) in [6.07, 6.45) is 9.86. The summed E-state index contributed by atoms with van der Waals surface area (Å²) >= 11 is 0. The molecule has 1 heterocycles. The number of rotatable bonds is 4. The van der Waals surface area contributed by atoms with Gasteiger partial charge in [-0.1, -0.05) is 31.6 Å². The normalized spacial score (nSPS) is 44.4. The lowest BCUT2D eigenvalue weighted by Gasteiger charge is -2.62. The zero-order valence-corrected chi connectivity index (χ0v) is 21.9. The molecule has 0 saturated heterocycles. The summed E-state index contributed by atoms with van der Waals surface area (Å²) in [6, 6.07) is 0. The van der Waals surface area contributed by atoms with Crippen molar-refractivity contribution in [2.75, 3.05) is 13.7 Å². The molecular weight excluding hydrogens is 477 g/mol. The molecule has 0 aromatic rings. The van der Waals surface area contributed by atoms with Crippen molar-refractivity contribution in [2.45, 2.75) is 70.2 Å². The fraction of sp³-hybridized carbons (Fsp3) is 0.621. The van der Waals surface area contributed by atoms with Gasteiger partial charge >= 0.3 is 5.97 Å². The molecule has 3 saturated carbocycles. The lowest BCUT2D eigenvalue weighted by atomic mass is 9.44. The third kappa shape index (κ3) is 3.41. The van der Waals surface area contributed by atoms with Gasteiger partial charge in [0.15, 0.2) is 18.1 Å². The van der Waals surface area contributed by atoms with E-state index in [0.717, 1.165) is 0 Å². The highest BCUT2D eigenvalue weighted by Gasteiger charge is 2.75. The average Bonchev–Trinajstić information content (AvgIpc) is 3.05. The zero-order chi connectivity index (χ0) is 27.0. The highest BCUT2D eigenvalue weighted by Crippen LogP contribution is 2.70. The van der Waals surface area contributed by atoms with Crippen LogP contribution >= 0.6 is 0 Å². The van der Waals surface area contributed by atoms with E-state index in [1.807, 2.05) is 12.3 Å². The van der Waals surface area contributed by atoms with Crippen molar-refractivity contribution in [1.29, 1.82) is 0 Å². The molecule has 8 atom stereocenters. The Kier molecular flexibility index (Phi) is 5.96. The van der Waals surface area contributed by atoms with Crippen molar-refractivity contribution < 1.29 is 33.7 Å². The number of nitrogens with zero attached hydrogens (tertiary/aromatic N) is 1. The van der Waals surface area contributed by atoms with E-state index in [9.17, 15) is 24.6 Å². The Morgan fingerprint density at radius 3 is 2.70 bits per heavy atom. The van der Waals surface area contributed by atoms with E-state index >= 15 is 4.39 Å². The number of ketones is 2. The van der Waals surface area contributed by atoms with E-state index in [0.29, 0.717) is 36.8 Å². The summed E-state index contributed by atoms with van der Waals surface area (Å²) in [4.78, 5) is 39.9. The van der Waals surface area contributed by atoms with Crippen LogP contribution in [0, 0.1) is 28.6 Å². The van der Waals surface area contributed by atoms with Gasteiger partial charge in [0.25, 0.3) is 0 Å². The molecule has 200 valence electrons. The van der Waals surface area contributed by atoms with Crippen molar-refractivity contribution in [3.63, 3.8) is 0 Å². The number of Topliss-reactive ketones (excluding diaryl/α,β-unsaturated/α-hetero) is 1. The highest BCUT2D eigenvalue weighted by atomic mass is 19.1. The number of alkyl halides is 1. The molecular formula is C29H36FNO6. The van der Waals surface area contributed by atoms with Crippen LogP contribution in [0.4, 0.5) is 4.39 Å². The molecule has 0 aromatic heterocycles. The number of ether oxygens (including phenoxy) is 1. The van der Waals surface area contributed by atoms with Crippen LogP contribution in [-0.4, -0.2) is 63.7 Å². The summed E-state index contributed by atoms with van der Waals surface area (Å²) in [5, 5.41) is 23.4. The summed E-state index contributed by atoms with van der Waals surface area (Å²) in [5.74, 6) is -2.92. The van der Waals surface area contributed by atoms with Crippen molar-refractivity contribution in [1.82, 2.24) is 4.90 Å². The van der Waals surface area contributed by atoms with E-state index in [4.69, 9.17) is 4.74 Å². The molecule has 8 heteroatoms. The maximum absolute atomic E-state index is 17.2. The summed E-state index contributed by atoms with van der Waals surface area (Å²) in [7, 11) is 1.78. The van der Waals surface area contributed by atoms with E-state index < -0.39 is 58.4 Å². The number of halogens is 1. The van der Waals surface area contributed by atoms with Crippen molar-refractivity contribution in [3.8, 4) is 0 Å². The Hall–Kier alpha value is -2.58. The van der Waals surface area contributed by atoms with E-state index in [1.54, 1.807) is 45.0 Å². The smallest absolute Gasteiger partial charge is 0.336 e. The standard InChI is InChI=1S/C29H36FNO6/c1-17-12-22-21-8-7-19-13-20(32)9-10-26(19,2)28(21,30)23(33)14-27(22,3)29(17,36)24(34)16-37-25(35)18-6-5-11-31(4)15-18/h5,9-11,13,15,17,21-23,33,36H,6-8,12,14,16H2,1-4H3/t17-,21+,22+,23+,26+,27+,28+,29+/m1/s1. The first kappa shape index (κ1) is 26.0. The largest absolute Gasteiger partial charge is 0.454 e. The van der Waals surface area contributed by atoms with Crippen LogP contribution in [-0.2, 0) is 19.1 Å². The van der Waals surface area contributed by atoms with E-state index in [1.165, 1.54) is 12.2 Å². The van der Waals surface area contributed by atoms with E-state index in [2.05, 4.69) is 0 Å². The van der Waals surface area contributed by atoms with Crippen LogP contribution < -0.4 is 0 Å². The number of carbonyl (C=O) groups is 3. The minimum atomic E-state index is -2.04. The minimum Gasteiger partial charge on any atom is -0.454 e. The number of aliphatic hydroxyl groups excluding tert-OH is 1. The predicted molar refractivity (Wildman–Crippen MR) is 133 cm³/mol. The topological polar surface area (TPSA) is 104 Å². The van der Waals surface area contributed by atoms with Crippen LogP contribution in [0.2, 0.25) is 0 Å². The molecule has 0 unspecified atom stereocenters. The van der Waals surface area contributed by atoms with Gasteiger partial charge in [-0.05, 0) is 62.8 Å². The number of aliphatic hydroxyl groups is 2. The zero-order valence-electron chi connectivity index (χ0n) is 21.9. The Morgan fingerprint density at radius 2 is 2.00 bits per heavy atom. The van der Waals surface area contributed by atoms with Gasteiger partial charge in [-0.2, -0.15) is 0 Å². The van der Waals surface area contributed by atoms with Gasteiger partial charge in [-0.3, -0.25) is 9.59 Å². The van der Waals surface area contributed by atoms with Crippen LogP contribution in [0.25, 0.3) is 0 Å². The molecule has 37 heavy (non-hydrogen) atoms. The average molecular weight is 514 g/mol. The maximum Gasteiger partial charge on any atom is 0.336 e. The number of allylic oxidation sites excluding steroid dienone is 5. The quantitative estimate of drug-likeness (QED) is 0.557. The van der Waals surface area contributed by atoms with Gasteiger partial charge in [0, 0.05) is 36.4 Å². The van der Waals surface area contributed by atoms with Crippen molar-refractivity contribution >= 4 is 17.5 Å². The van der Waals surface area contributed by atoms with Crippen LogP contribution in [0.5, 0.6) is 0 Å². The Morgan fingerprint density at radius 1 is 1.27 bits per heavy atom. The maximum atomic E-state index is 17.2. The van der Waals surface area contributed by atoms with Crippen molar-refractivity contribution in [2.24, 2.45) is 28.6 Å². The van der Waals surface area contributed by atoms with Crippen LogP contribution in [0.3, 0.4) is 0 Å². The minimum absolute atomic E-state index is 0.114. The van der Waals surface area contributed by atoms with Crippen molar-refractivity contribution in [3.05, 3.63) is 47.9 Å². The first-order valence-corrected chi connectivity index (χ1v) is 13.1. The third-order valence-corrected chi connectivity index (χ3v) is 10.3. The molecule has 0 spiro atoms. The van der Waals surface area contributed by atoms with Gasteiger partial charge < -0.3 is 19.8 Å². The molecule has 0 bridgehead atoms. The Labute approximate surface area is 216 Å². The molecule has 0 radical (unpaired) electrons. The number of hydrogen-bond acceptors (Lipinski definition) is 7. The fourth-order valence-corrected chi connectivity index (χ4v) is 8.30. The summed E-state index contributed by atoms with van der Waals surface area (Å²) in [6.45, 7) is 4.68. The lowest BCUT2D eigenvalue weighted by Crippen LogP contribution is -2.69. The second-order valence-electron chi connectivity index (χ2n) is 12.1. The molecule has 0 aromatic carbocycles. The first-order valence-electron chi connectivity index (χ1n) is 13.1. The SMILES string of the molecule is C[C@@H]1C[C@H]2[C@@H]3CCC4=CC(=O)C=C[C@]4(C)[C@@]3(F)[C@@H](O)C[C@]2(C)[C@@]1(O)C(=O)COC(=O)C1=CN(C)C=CC1.